The second kappa shape index (κ2) is 5.41. The first kappa shape index (κ1) is 13.8. The molecule has 0 aliphatic heterocycles. The Bertz CT molecular complexity index is 410. The lowest BCUT2D eigenvalue weighted by atomic mass is 9.93. The van der Waals surface area contributed by atoms with Crippen molar-refractivity contribution in [1.82, 2.24) is 0 Å². The molecule has 1 aromatic carbocycles. The molecule has 94 valence electrons. The van der Waals surface area contributed by atoms with Gasteiger partial charge in [-0.15, -0.1) is 0 Å². The fourth-order valence-electron chi connectivity index (χ4n) is 1.23. The molecule has 3 nitrogen and oxygen atoms in total. The van der Waals surface area contributed by atoms with Gasteiger partial charge in [-0.25, -0.2) is 4.79 Å². The summed E-state index contributed by atoms with van der Waals surface area (Å²) < 4.78 is 5.16. The van der Waals surface area contributed by atoms with Gasteiger partial charge in [0.2, 0.25) is 0 Å². The Morgan fingerprint density at radius 1 is 1.41 bits per heavy atom. The fraction of sp³-hybridized carbons (Fsp3) is 0.462. The Balaban J connectivity index is 2.61. The first-order valence-corrected chi connectivity index (χ1v) is 5.89. The van der Waals surface area contributed by atoms with Gasteiger partial charge in [0.1, 0.15) is 0 Å². The van der Waals surface area contributed by atoms with Crippen molar-refractivity contribution in [2.75, 3.05) is 12.3 Å². The predicted octanol–water partition coefficient (Wildman–Crippen LogP) is 3.52. The molecule has 1 rings (SSSR count). The molecule has 0 saturated carbocycles. The van der Waals surface area contributed by atoms with Crippen LogP contribution in [0.5, 0.6) is 0 Å². The molecule has 4 heteroatoms. The van der Waals surface area contributed by atoms with E-state index in [-0.39, 0.29) is 5.41 Å². The largest absolute Gasteiger partial charge is 0.462 e. The topological polar surface area (TPSA) is 52.3 Å². The summed E-state index contributed by atoms with van der Waals surface area (Å²) in [7, 11) is 0. The number of halogens is 1. The zero-order valence-electron chi connectivity index (χ0n) is 10.4. The van der Waals surface area contributed by atoms with Crippen LogP contribution in [0.3, 0.4) is 0 Å². The molecule has 0 aromatic heterocycles. The maximum atomic E-state index is 11.7. The highest BCUT2D eigenvalue weighted by Crippen LogP contribution is 2.21. The summed E-state index contributed by atoms with van der Waals surface area (Å²) in [4.78, 5) is 11.7. The molecule has 0 saturated heterocycles. The second-order valence-electron chi connectivity index (χ2n) is 5.19. The van der Waals surface area contributed by atoms with Crippen molar-refractivity contribution in [3.63, 3.8) is 0 Å². The van der Waals surface area contributed by atoms with Crippen molar-refractivity contribution in [3.05, 3.63) is 28.8 Å². The zero-order valence-corrected chi connectivity index (χ0v) is 11.2. The number of anilines is 1. The van der Waals surface area contributed by atoms with Gasteiger partial charge in [0.15, 0.2) is 0 Å². The van der Waals surface area contributed by atoms with Crippen LogP contribution in [0.2, 0.25) is 5.02 Å². The molecule has 0 aliphatic carbocycles. The van der Waals surface area contributed by atoms with Crippen molar-refractivity contribution >= 4 is 23.3 Å². The van der Waals surface area contributed by atoms with Gasteiger partial charge < -0.3 is 10.5 Å². The standard InChI is InChI=1S/C13H18ClNO2/c1-13(2,3)6-7-17-12(16)10-8-9(15)4-5-11(10)14/h4-5,8H,6-7,15H2,1-3H3. The fourth-order valence-corrected chi connectivity index (χ4v) is 1.42. The van der Waals surface area contributed by atoms with Gasteiger partial charge in [0.05, 0.1) is 17.2 Å². The summed E-state index contributed by atoms with van der Waals surface area (Å²) in [6, 6.07) is 4.77. The molecule has 1 aromatic rings. The van der Waals surface area contributed by atoms with Crippen molar-refractivity contribution in [3.8, 4) is 0 Å². The molecule has 0 fully saturated rings. The van der Waals surface area contributed by atoms with Gasteiger partial charge in [-0.3, -0.25) is 0 Å². The molecule has 0 heterocycles. The smallest absolute Gasteiger partial charge is 0.339 e. The average molecular weight is 256 g/mol. The number of nitrogen functional groups attached to an aromatic ring is 1. The lowest BCUT2D eigenvalue weighted by Gasteiger charge is -2.17. The average Bonchev–Trinajstić information content (AvgIpc) is 2.19. The van der Waals surface area contributed by atoms with Gasteiger partial charge in [-0.2, -0.15) is 0 Å². The molecule has 0 unspecified atom stereocenters. The predicted molar refractivity (Wildman–Crippen MR) is 70.2 cm³/mol. The van der Waals surface area contributed by atoms with Crippen LogP contribution in [-0.2, 0) is 4.74 Å². The molecular formula is C13H18ClNO2. The lowest BCUT2D eigenvalue weighted by Crippen LogP contribution is -2.13. The van der Waals surface area contributed by atoms with E-state index in [1.165, 1.54) is 6.07 Å². The third-order valence-electron chi connectivity index (χ3n) is 2.30. The van der Waals surface area contributed by atoms with Gasteiger partial charge >= 0.3 is 5.97 Å². The minimum atomic E-state index is -0.424. The van der Waals surface area contributed by atoms with E-state index < -0.39 is 5.97 Å². The number of carbonyl (C=O) groups excluding carboxylic acids is 1. The zero-order chi connectivity index (χ0) is 13.1. The van der Waals surface area contributed by atoms with Crippen molar-refractivity contribution in [2.24, 2.45) is 5.41 Å². The third-order valence-corrected chi connectivity index (χ3v) is 2.63. The molecular weight excluding hydrogens is 238 g/mol. The minimum Gasteiger partial charge on any atom is -0.462 e. The van der Waals surface area contributed by atoms with Gasteiger partial charge in [0, 0.05) is 5.69 Å². The molecule has 0 aliphatic rings. The molecule has 0 amide bonds. The van der Waals surface area contributed by atoms with Gasteiger partial charge in [0.25, 0.3) is 0 Å². The maximum absolute atomic E-state index is 11.7. The lowest BCUT2D eigenvalue weighted by molar-refractivity contribution is 0.0465. The van der Waals surface area contributed by atoms with Crippen molar-refractivity contribution in [1.29, 1.82) is 0 Å². The van der Waals surface area contributed by atoms with E-state index >= 15 is 0 Å². The quantitative estimate of drug-likeness (QED) is 0.664. The Morgan fingerprint density at radius 3 is 2.65 bits per heavy atom. The Hall–Kier alpha value is -1.22. The first-order chi connectivity index (χ1) is 7.79. The third kappa shape index (κ3) is 4.65. The summed E-state index contributed by atoms with van der Waals surface area (Å²) in [5.41, 5.74) is 6.55. The molecule has 2 N–H and O–H groups in total. The Morgan fingerprint density at radius 2 is 2.06 bits per heavy atom. The van der Waals surface area contributed by atoms with E-state index in [2.05, 4.69) is 20.8 Å². The van der Waals surface area contributed by atoms with Crippen LogP contribution in [0, 0.1) is 5.41 Å². The maximum Gasteiger partial charge on any atom is 0.339 e. The monoisotopic (exact) mass is 255 g/mol. The van der Waals surface area contributed by atoms with Crippen LogP contribution in [0.15, 0.2) is 18.2 Å². The molecule has 0 bridgehead atoms. The normalized spacial score (nSPS) is 11.3. The minimum absolute atomic E-state index is 0.139. The van der Waals surface area contributed by atoms with Crippen LogP contribution >= 0.6 is 11.6 Å². The summed E-state index contributed by atoms with van der Waals surface area (Å²) in [5.74, 6) is -0.424. The molecule has 0 radical (unpaired) electrons. The highest BCUT2D eigenvalue weighted by Gasteiger charge is 2.15. The van der Waals surface area contributed by atoms with E-state index in [4.69, 9.17) is 22.1 Å². The van der Waals surface area contributed by atoms with Crippen LogP contribution in [-0.4, -0.2) is 12.6 Å². The van der Waals surface area contributed by atoms with Crippen LogP contribution in [0.1, 0.15) is 37.6 Å². The van der Waals surface area contributed by atoms with Crippen molar-refractivity contribution in [2.45, 2.75) is 27.2 Å². The number of nitrogens with two attached hydrogens (primary N) is 1. The molecule has 17 heavy (non-hydrogen) atoms. The van der Waals surface area contributed by atoms with Crippen LogP contribution in [0.25, 0.3) is 0 Å². The summed E-state index contributed by atoms with van der Waals surface area (Å²) in [6.45, 7) is 6.66. The number of carbonyl (C=O) groups is 1. The number of hydrogen-bond acceptors (Lipinski definition) is 3. The van der Waals surface area contributed by atoms with Crippen LogP contribution < -0.4 is 5.73 Å². The van der Waals surface area contributed by atoms with E-state index in [1.807, 2.05) is 0 Å². The number of esters is 1. The van der Waals surface area contributed by atoms with Crippen LogP contribution in [0.4, 0.5) is 5.69 Å². The summed E-state index contributed by atoms with van der Waals surface area (Å²) >= 11 is 5.90. The van der Waals surface area contributed by atoms with E-state index in [0.717, 1.165) is 6.42 Å². The number of benzene rings is 1. The SMILES string of the molecule is CC(C)(C)CCOC(=O)c1cc(N)ccc1Cl. The number of rotatable bonds is 3. The highest BCUT2D eigenvalue weighted by molar-refractivity contribution is 6.33. The van der Waals surface area contributed by atoms with E-state index in [9.17, 15) is 4.79 Å². The van der Waals surface area contributed by atoms with E-state index in [1.54, 1.807) is 12.1 Å². The van der Waals surface area contributed by atoms with Gasteiger partial charge in [-0.1, -0.05) is 32.4 Å². The van der Waals surface area contributed by atoms with Gasteiger partial charge in [-0.05, 0) is 30.0 Å². The Labute approximate surface area is 107 Å². The number of hydrogen-bond donors (Lipinski definition) is 1. The summed E-state index contributed by atoms with van der Waals surface area (Å²) in [5, 5.41) is 0.361. The molecule has 0 spiro atoms. The first-order valence-electron chi connectivity index (χ1n) is 5.52. The second-order valence-corrected chi connectivity index (χ2v) is 5.59. The highest BCUT2D eigenvalue weighted by atomic mass is 35.5. The van der Waals surface area contributed by atoms with E-state index in [0.29, 0.717) is 22.9 Å². The molecule has 0 atom stereocenters. The Kier molecular flexibility index (Phi) is 4.40. The number of ether oxygens (including phenoxy) is 1. The van der Waals surface area contributed by atoms with Crippen molar-refractivity contribution < 1.29 is 9.53 Å². The summed E-state index contributed by atoms with van der Waals surface area (Å²) in [6.07, 6.45) is 0.804.